The quantitative estimate of drug-likeness (QED) is 0.444. The Hall–Kier alpha value is -3.91. The van der Waals surface area contributed by atoms with Gasteiger partial charge in [0.25, 0.3) is 5.91 Å². The largest absolute Gasteiger partial charge is 0.380 e. The van der Waals surface area contributed by atoms with Gasteiger partial charge in [-0.1, -0.05) is 18.2 Å². The Bertz CT molecular complexity index is 1240. The third kappa shape index (κ3) is 4.70. The third-order valence-electron chi connectivity index (χ3n) is 5.10. The van der Waals surface area contributed by atoms with Gasteiger partial charge in [-0.3, -0.25) is 14.8 Å². The molecule has 0 aliphatic carbocycles. The van der Waals surface area contributed by atoms with Crippen molar-refractivity contribution in [2.45, 2.75) is 13.0 Å². The van der Waals surface area contributed by atoms with Crippen LogP contribution in [0.4, 0.5) is 5.82 Å². The summed E-state index contributed by atoms with van der Waals surface area (Å²) in [5, 5.41) is 6.88. The van der Waals surface area contributed by atoms with Gasteiger partial charge < -0.3 is 15.4 Å². The molecule has 0 saturated heterocycles. The van der Waals surface area contributed by atoms with Gasteiger partial charge in [0.2, 0.25) is 0 Å². The number of anilines is 1. The molecule has 32 heavy (non-hydrogen) atoms. The van der Waals surface area contributed by atoms with Crippen molar-refractivity contribution in [1.29, 1.82) is 0 Å². The summed E-state index contributed by atoms with van der Waals surface area (Å²) in [6.07, 6.45) is 7.49. The van der Waals surface area contributed by atoms with Gasteiger partial charge in [-0.15, -0.1) is 0 Å². The van der Waals surface area contributed by atoms with Crippen LogP contribution >= 0.6 is 0 Å². The Morgan fingerprint density at radius 2 is 2.00 bits per heavy atom. The number of methoxy groups -OCH3 is 1. The summed E-state index contributed by atoms with van der Waals surface area (Å²) in [6.45, 7) is 1.15. The summed E-state index contributed by atoms with van der Waals surface area (Å²) in [5.74, 6) is 0.608. The second-order valence-corrected chi connectivity index (χ2v) is 7.23. The Balaban J connectivity index is 1.49. The van der Waals surface area contributed by atoms with Crippen molar-refractivity contribution >= 4 is 22.6 Å². The minimum atomic E-state index is -0.120. The van der Waals surface area contributed by atoms with E-state index in [1.807, 2.05) is 30.3 Å². The molecule has 3 heterocycles. The number of carbonyl (C=O) groups is 1. The van der Waals surface area contributed by atoms with Gasteiger partial charge in [-0.2, -0.15) is 0 Å². The fourth-order valence-corrected chi connectivity index (χ4v) is 3.58. The fraction of sp³-hybridized carbons (Fsp3) is 0.208. The smallest absolute Gasteiger partial charge is 0.251 e. The number of benzene rings is 1. The van der Waals surface area contributed by atoms with Crippen molar-refractivity contribution in [3.63, 3.8) is 0 Å². The molecule has 0 saturated carbocycles. The normalized spacial score (nSPS) is 10.8. The predicted octanol–water partition coefficient (Wildman–Crippen LogP) is 3.25. The zero-order valence-corrected chi connectivity index (χ0v) is 18.0. The van der Waals surface area contributed by atoms with E-state index in [0.717, 1.165) is 45.5 Å². The predicted molar refractivity (Wildman–Crippen MR) is 123 cm³/mol. The number of ether oxygens (including phenoxy) is 1. The van der Waals surface area contributed by atoms with Crippen LogP contribution in [0.1, 0.15) is 21.5 Å². The van der Waals surface area contributed by atoms with Crippen molar-refractivity contribution in [2.24, 2.45) is 0 Å². The first-order chi connectivity index (χ1) is 15.7. The number of hydrogen-bond donors (Lipinski definition) is 2. The van der Waals surface area contributed by atoms with Crippen molar-refractivity contribution in [3.05, 3.63) is 78.0 Å². The van der Waals surface area contributed by atoms with Crippen LogP contribution in [-0.4, -0.2) is 46.5 Å². The molecular formula is C24H24N6O2. The van der Waals surface area contributed by atoms with E-state index in [4.69, 9.17) is 4.74 Å². The molecule has 4 aromatic rings. The van der Waals surface area contributed by atoms with Crippen molar-refractivity contribution in [3.8, 4) is 11.3 Å². The summed E-state index contributed by atoms with van der Waals surface area (Å²) in [5.41, 5.74) is 5.20. The topological polar surface area (TPSA) is 102 Å². The number of para-hydroxylation sites is 1. The van der Waals surface area contributed by atoms with E-state index in [1.165, 1.54) is 6.33 Å². The number of nitrogens with one attached hydrogen (secondary N) is 2. The highest BCUT2D eigenvalue weighted by Crippen LogP contribution is 2.22. The number of carbonyl (C=O) groups excluding carboxylic acids is 1. The maximum atomic E-state index is 12.2. The molecule has 162 valence electrons. The Morgan fingerprint density at radius 3 is 2.84 bits per heavy atom. The van der Waals surface area contributed by atoms with Crippen molar-refractivity contribution in [1.82, 2.24) is 25.3 Å². The van der Waals surface area contributed by atoms with Crippen LogP contribution in [0.2, 0.25) is 0 Å². The molecule has 4 rings (SSSR count). The monoisotopic (exact) mass is 428 g/mol. The van der Waals surface area contributed by atoms with Crippen LogP contribution in [0.5, 0.6) is 0 Å². The van der Waals surface area contributed by atoms with Crippen molar-refractivity contribution in [2.75, 3.05) is 26.0 Å². The molecule has 0 fully saturated rings. The molecular weight excluding hydrogens is 404 g/mol. The van der Waals surface area contributed by atoms with E-state index >= 15 is 0 Å². The third-order valence-corrected chi connectivity index (χ3v) is 5.10. The summed E-state index contributed by atoms with van der Waals surface area (Å²) >= 11 is 0. The maximum Gasteiger partial charge on any atom is 0.251 e. The van der Waals surface area contributed by atoms with Crippen LogP contribution in [0.15, 0.2) is 61.3 Å². The number of amides is 1. The van der Waals surface area contributed by atoms with E-state index in [0.29, 0.717) is 18.7 Å². The molecule has 0 bridgehead atoms. The maximum absolute atomic E-state index is 12.2. The molecule has 0 atom stereocenters. The Labute approximate surface area is 186 Å². The van der Waals surface area contributed by atoms with Crippen LogP contribution in [0.25, 0.3) is 22.2 Å². The zero-order valence-electron chi connectivity index (χ0n) is 18.0. The lowest BCUT2D eigenvalue weighted by Crippen LogP contribution is -2.18. The van der Waals surface area contributed by atoms with Gasteiger partial charge in [-0.25, -0.2) is 9.97 Å². The number of fused-ring (bicyclic) bond motifs is 1. The first-order valence-electron chi connectivity index (χ1n) is 10.3. The van der Waals surface area contributed by atoms with E-state index < -0.39 is 0 Å². The highest BCUT2D eigenvalue weighted by atomic mass is 16.5. The molecule has 1 amide bonds. The Morgan fingerprint density at radius 1 is 1.09 bits per heavy atom. The van der Waals surface area contributed by atoms with E-state index in [2.05, 4.69) is 30.6 Å². The molecule has 3 aromatic heterocycles. The second kappa shape index (κ2) is 9.93. The lowest BCUT2D eigenvalue weighted by atomic mass is 10.0. The minimum absolute atomic E-state index is 0.120. The van der Waals surface area contributed by atoms with Gasteiger partial charge >= 0.3 is 0 Å². The molecule has 1 aromatic carbocycles. The molecule has 0 spiro atoms. The highest BCUT2D eigenvalue weighted by Gasteiger charge is 2.11. The number of nitrogens with zero attached hydrogens (tertiary/aromatic N) is 4. The second-order valence-electron chi connectivity index (χ2n) is 7.23. The lowest BCUT2D eigenvalue weighted by Gasteiger charge is -2.10. The summed E-state index contributed by atoms with van der Waals surface area (Å²) < 4.78 is 5.18. The van der Waals surface area contributed by atoms with Gasteiger partial charge in [0.05, 0.1) is 23.4 Å². The van der Waals surface area contributed by atoms with E-state index in [9.17, 15) is 4.79 Å². The van der Waals surface area contributed by atoms with Crippen LogP contribution in [0, 0.1) is 0 Å². The minimum Gasteiger partial charge on any atom is -0.380 e. The standard InChI is InChI=1S/C24H24N6O2/c1-25-24(31)20-7-9-28-23-17(4-3-5-19(20)23)6-8-27-22-11-21(29-15-30-22)18-10-16(14-32-2)12-26-13-18/h3-5,7,9-13,15H,6,8,14H2,1-2H3,(H,25,31)(H,27,29,30). The van der Waals surface area contributed by atoms with Crippen LogP contribution in [0.3, 0.4) is 0 Å². The summed E-state index contributed by atoms with van der Waals surface area (Å²) in [7, 11) is 3.28. The first kappa shape index (κ1) is 21.3. The number of rotatable bonds is 8. The van der Waals surface area contributed by atoms with Crippen molar-refractivity contribution < 1.29 is 9.53 Å². The number of aromatic nitrogens is 4. The lowest BCUT2D eigenvalue weighted by molar-refractivity contribution is 0.0964. The van der Waals surface area contributed by atoms with Gasteiger partial charge in [0.1, 0.15) is 12.1 Å². The molecule has 0 aliphatic heterocycles. The molecule has 8 nitrogen and oxygen atoms in total. The summed E-state index contributed by atoms with van der Waals surface area (Å²) in [6, 6.07) is 11.6. The highest BCUT2D eigenvalue weighted by molar-refractivity contribution is 6.06. The molecule has 0 unspecified atom stereocenters. The van der Waals surface area contributed by atoms with Gasteiger partial charge in [0.15, 0.2) is 0 Å². The Kier molecular flexibility index (Phi) is 6.62. The molecule has 2 N–H and O–H groups in total. The SMILES string of the molecule is CNC(=O)c1ccnc2c(CCNc3cc(-c4cncc(COC)c4)ncn3)cccc12. The number of pyridine rings is 2. The first-order valence-corrected chi connectivity index (χ1v) is 10.3. The molecule has 0 radical (unpaired) electrons. The van der Waals surface area contributed by atoms with Gasteiger partial charge in [0, 0.05) is 56.3 Å². The zero-order chi connectivity index (χ0) is 22.3. The fourth-order valence-electron chi connectivity index (χ4n) is 3.58. The van der Waals surface area contributed by atoms with Crippen LogP contribution < -0.4 is 10.6 Å². The summed E-state index contributed by atoms with van der Waals surface area (Å²) in [4.78, 5) is 29.6. The van der Waals surface area contributed by atoms with Gasteiger partial charge in [-0.05, 0) is 29.7 Å². The molecule has 0 aliphatic rings. The number of hydrogen-bond acceptors (Lipinski definition) is 7. The average Bonchev–Trinajstić information content (AvgIpc) is 2.84. The van der Waals surface area contributed by atoms with Crippen LogP contribution in [-0.2, 0) is 17.8 Å². The molecule has 8 heteroatoms. The van der Waals surface area contributed by atoms with E-state index in [1.54, 1.807) is 38.8 Å². The average molecular weight is 428 g/mol. The van der Waals surface area contributed by atoms with E-state index in [-0.39, 0.29) is 5.91 Å².